The van der Waals surface area contributed by atoms with Gasteiger partial charge in [0.1, 0.15) is 17.5 Å². The van der Waals surface area contributed by atoms with E-state index in [1.54, 1.807) is 6.07 Å². The maximum Gasteiger partial charge on any atom is 0.259 e. The van der Waals surface area contributed by atoms with Crippen molar-refractivity contribution in [2.75, 3.05) is 5.73 Å². The quantitative estimate of drug-likeness (QED) is 0.740. The van der Waals surface area contributed by atoms with E-state index in [4.69, 9.17) is 17.6 Å². The van der Waals surface area contributed by atoms with E-state index >= 15 is 0 Å². The van der Waals surface area contributed by atoms with Crippen molar-refractivity contribution in [2.45, 2.75) is 13.5 Å². The molecule has 3 N–H and O–H groups in total. The fourth-order valence-electron chi connectivity index (χ4n) is 1.47. The van der Waals surface area contributed by atoms with Gasteiger partial charge in [0.2, 0.25) is 0 Å². The lowest BCUT2D eigenvalue weighted by atomic mass is 10.2. The largest absolute Gasteiger partial charge is 0.382 e. The van der Waals surface area contributed by atoms with Crippen LogP contribution in [0.2, 0.25) is 0 Å². The van der Waals surface area contributed by atoms with Crippen LogP contribution in [-0.2, 0) is 6.54 Å². The highest BCUT2D eigenvalue weighted by Gasteiger charge is 2.19. The van der Waals surface area contributed by atoms with E-state index in [2.05, 4.69) is 20.1 Å². The van der Waals surface area contributed by atoms with E-state index in [-0.39, 0.29) is 17.9 Å². The number of hydrogen-bond donors (Lipinski definition) is 2. The topological polar surface area (TPSA) is 101 Å². The summed E-state index contributed by atoms with van der Waals surface area (Å²) in [7, 11) is 0. The smallest absolute Gasteiger partial charge is 0.259 e. The molecule has 0 amide bonds. The number of nitrogens with one attached hydrogen (secondary N) is 1. The molecule has 2 aromatic heterocycles. The van der Waals surface area contributed by atoms with Crippen LogP contribution in [-0.4, -0.2) is 20.0 Å². The van der Waals surface area contributed by atoms with Gasteiger partial charge in [0.25, 0.3) is 6.54 Å². The molecule has 0 saturated carbocycles. The third-order valence-corrected chi connectivity index (χ3v) is 2.24. The van der Waals surface area contributed by atoms with Crippen molar-refractivity contribution in [1.29, 1.82) is 5.26 Å². The Morgan fingerprint density at radius 3 is 3.00 bits per heavy atom. The average Bonchev–Trinajstić information content (AvgIpc) is 2.84. The predicted molar refractivity (Wildman–Crippen MR) is 59.9 cm³/mol. The zero-order valence-corrected chi connectivity index (χ0v) is 9.10. The Balaban J connectivity index is 2.57. The molecule has 84 valence electrons. The van der Waals surface area contributed by atoms with Crippen LogP contribution in [0.3, 0.4) is 0 Å². The SMILES string of the molecule is [C-]#[N+]Cc1nn(-c2cc(C)[nH]n2)c(N)c1C#N. The molecular weight excluding hydrogens is 218 g/mol. The van der Waals surface area contributed by atoms with Gasteiger partial charge < -0.3 is 10.6 Å². The maximum atomic E-state index is 8.98. The lowest BCUT2D eigenvalue weighted by Gasteiger charge is -1.96. The first-order valence-corrected chi connectivity index (χ1v) is 4.80. The van der Waals surface area contributed by atoms with Gasteiger partial charge in [0.05, 0.1) is 0 Å². The zero-order chi connectivity index (χ0) is 12.4. The molecule has 0 aliphatic rings. The van der Waals surface area contributed by atoms with Gasteiger partial charge in [-0.1, -0.05) is 0 Å². The van der Waals surface area contributed by atoms with Crippen molar-refractivity contribution >= 4 is 5.82 Å². The van der Waals surface area contributed by atoms with Crippen molar-refractivity contribution in [1.82, 2.24) is 20.0 Å². The van der Waals surface area contributed by atoms with Crippen LogP contribution in [0, 0.1) is 24.8 Å². The zero-order valence-electron chi connectivity index (χ0n) is 9.10. The van der Waals surface area contributed by atoms with Gasteiger partial charge in [0.15, 0.2) is 11.5 Å². The Morgan fingerprint density at radius 1 is 1.71 bits per heavy atom. The Kier molecular flexibility index (Phi) is 2.51. The van der Waals surface area contributed by atoms with Gasteiger partial charge in [0, 0.05) is 11.8 Å². The van der Waals surface area contributed by atoms with E-state index in [0.29, 0.717) is 11.5 Å². The molecule has 0 atom stereocenters. The molecule has 0 aliphatic heterocycles. The van der Waals surface area contributed by atoms with Crippen molar-refractivity contribution in [3.8, 4) is 11.9 Å². The summed E-state index contributed by atoms with van der Waals surface area (Å²) in [6.45, 7) is 8.68. The lowest BCUT2D eigenvalue weighted by Crippen LogP contribution is -2.02. The Labute approximate surface area is 97.3 Å². The fraction of sp³-hybridized carbons (Fsp3) is 0.200. The first-order chi connectivity index (χ1) is 8.17. The molecule has 0 radical (unpaired) electrons. The monoisotopic (exact) mass is 227 g/mol. The summed E-state index contributed by atoms with van der Waals surface area (Å²) in [5.41, 5.74) is 7.28. The van der Waals surface area contributed by atoms with Crippen molar-refractivity contribution < 1.29 is 0 Å². The molecule has 2 heterocycles. The number of nitriles is 1. The van der Waals surface area contributed by atoms with E-state index in [1.165, 1.54) is 4.68 Å². The van der Waals surface area contributed by atoms with Crippen LogP contribution in [0.4, 0.5) is 5.82 Å². The molecule has 7 nitrogen and oxygen atoms in total. The minimum atomic E-state index is 0.0312. The third-order valence-electron chi connectivity index (χ3n) is 2.24. The molecule has 2 rings (SSSR count). The fourth-order valence-corrected chi connectivity index (χ4v) is 1.47. The minimum absolute atomic E-state index is 0.0312. The highest BCUT2D eigenvalue weighted by molar-refractivity contribution is 5.55. The van der Waals surface area contributed by atoms with Gasteiger partial charge in [-0.25, -0.2) is 6.57 Å². The van der Waals surface area contributed by atoms with Gasteiger partial charge in [-0.3, -0.25) is 5.10 Å². The van der Waals surface area contributed by atoms with Crippen LogP contribution < -0.4 is 5.73 Å². The van der Waals surface area contributed by atoms with Gasteiger partial charge in [-0.05, 0) is 6.92 Å². The molecule has 17 heavy (non-hydrogen) atoms. The Morgan fingerprint density at radius 2 is 2.47 bits per heavy atom. The Hall–Kier alpha value is -2.80. The summed E-state index contributed by atoms with van der Waals surface area (Å²) in [5.74, 6) is 0.713. The molecular formula is C10H9N7. The molecule has 0 aromatic carbocycles. The number of rotatable bonds is 2. The number of anilines is 1. The summed E-state index contributed by atoms with van der Waals surface area (Å²) in [6, 6.07) is 3.71. The first kappa shape index (κ1) is 10.7. The second-order valence-electron chi connectivity index (χ2n) is 3.46. The van der Waals surface area contributed by atoms with Crippen LogP contribution in [0.1, 0.15) is 17.0 Å². The number of nitrogen functional groups attached to an aromatic ring is 1. The summed E-state index contributed by atoms with van der Waals surface area (Å²) < 4.78 is 1.36. The molecule has 0 fully saturated rings. The van der Waals surface area contributed by atoms with Gasteiger partial charge >= 0.3 is 0 Å². The maximum absolute atomic E-state index is 8.98. The molecule has 0 aliphatic carbocycles. The highest BCUT2D eigenvalue weighted by atomic mass is 15.4. The number of aromatic nitrogens is 4. The van der Waals surface area contributed by atoms with Gasteiger partial charge in [-0.15, -0.1) is 0 Å². The number of H-pyrrole nitrogens is 1. The molecule has 2 aromatic rings. The van der Waals surface area contributed by atoms with Crippen LogP contribution in [0.5, 0.6) is 0 Å². The van der Waals surface area contributed by atoms with Gasteiger partial charge in [-0.2, -0.15) is 20.1 Å². The second-order valence-corrected chi connectivity index (χ2v) is 3.46. The van der Waals surface area contributed by atoms with E-state index in [9.17, 15) is 0 Å². The van der Waals surface area contributed by atoms with Crippen LogP contribution in [0.25, 0.3) is 10.7 Å². The minimum Gasteiger partial charge on any atom is -0.382 e. The number of nitrogens with zero attached hydrogens (tertiary/aromatic N) is 5. The lowest BCUT2D eigenvalue weighted by molar-refractivity contribution is 0.822. The molecule has 7 heteroatoms. The highest BCUT2D eigenvalue weighted by Crippen LogP contribution is 2.20. The van der Waals surface area contributed by atoms with E-state index < -0.39 is 0 Å². The number of aryl methyl sites for hydroxylation is 1. The average molecular weight is 227 g/mol. The predicted octanol–water partition coefficient (Wildman–Crippen LogP) is 0.777. The summed E-state index contributed by atoms with van der Waals surface area (Å²) in [6.07, 6.45) is 0. The summed E-state index contributed by atoms with van der Waals surface area (Å²) in [5, 5.41) is 19.9. The standard InChI is InChI=1S/C10H9N7/c1-6-3-9(15-14-6)17-10(12)7(4-11)8(16-17)5-13-2/h3H,5,12H2,1H3,(H,14,15). The first-order valence-electron chi connectivity index (χ1n) is 4.80. The molecule has 0 bridgehead atoms. The van der Waals surface area contributed by atoms with Crippen molar-refractivity contribution in [2.24, 2.45) is 0 Å². The second kappa shape index (κ2) is 3.99. The third kappa shape index (κ3) is 1.70. The summed E-state index contributed by atoms with van der Waals surface area (Å²) >= 11 is 0. The van der Waals surface area contributed by atoms with Crippen molar-refractivity contribution in [3.05, 3.63) is 34.4 Å². The van der Waals surface area contributed by atoms with Crippen LogP contribution >= 0.6 is 0 Å². The number of aromatic amines is 1. The number of hydrogen-bond acceptors (Lipinski definition) is 4. The molecule has 0 spiro atoms. The van der Waals surface area contributed by atoms with E-state index in [1.807, 2.05) is 13.0 Å². The normalized spacial score (nSPS) is 9.82. The van der Waals surface area contributed by atoms with E-state index in [0.717, 1.165) is 5.69 Å². The molecule has 0 saturated heterocycles. The Bertz CT molecular complexity index is 635. The molecule has 0 unspecified atom stereocenters. The van der Waals surface area contributed by atoms with Crippen molar-refractivity contribution in [3.63, 3.8) is 0 Å². The number of nitrogens with two attached hydrogens (primary N) is 1. The van der Waals surface area contributed by atoms with Crippen LogP contribution in [0.15, 0.2) is 6.07 Å². The summed E-state index contributed by atoms with van der Waals surface area (Å²) in [4.78, 5) is 3.21.